The van der Waals surface area contributed by atoms with Crippen LogP contribution in [0.15, 0.2) is 18.2 Å². The fourth-order valence-corrected chi connectivity index (χ4v) is 3.04. The van der Waals surface area contributed by atoms with Crippen molar-refractivity contribution in [1.82, 2.24) is 15.1 Å². The molecule has 1 amide bonds. The fourth-order valence-electron chi connectivity index (χ4n) is 3.04. The Balaban J connectivity index is 1.97. The van der Waals surface area contributed by atoms with Gasteiger partial charge in [0.25, 0.3) is 5.91 Å². The number of rotatable bonds is 6. The Morgan fingerprint density at radius 3 is 2.54 bits per heavy atom. The lowest BCUT2D eigenvalue weighted by Crippen LogP contribution is -2.54. The summed E-state index contributed by atoms with van der Waals surface area (Å²) in [4.78, 5) is 17.1. The van der Waals surface area contributed by atoms with Crippen molar-refractivity contribution in [1.29, 1.82) is 0 Å². The van der Waals surface area contributed by atoms with Crippen LogP contribution in [0, 0.1) is 11.7 Å². The summed E-state index contributed by atoms with van der Waals surface area (Å²) < 4.78 is 18.4. The molecule has 0 aromatic heterocycles. The van der Waals surface area contributed by atoms with Crippen LogP contribution in [0.2, 0.25) is 0 Å². The van der Waals surface area contributed by atoms with Crippen molar-refractivity contribution < 1.29 is 13.9 Å². The van der Waals surface area contributed by atoms with E-state index in [1.54, 1.807) is 0 Å². The van der Waals surface area contributed by atoms with E-state index < -0.39 is 5.82 Å². The number of carbonyl (C=O) groups is 1. The summed E-state index contributed by atoms with van der Waals surface area (Å²) in [6.07, 6.45) is 0. The number of piperazine rings is 1. The van der Waals surface area contributed by atoms with Crippen LogP contribution in [0.3, 0.4) is 0 Å². The van der Waals surface area contributed by atoms with Crippen LogP contribution in [0.5, 0.6) is 5.75 Å². The van der Waals surface area contributed by atoms with E-state index in [1.165, 1.54) is 25.3 Å². The second kappa shape index (κ2) is 8.44. The zero-order chi connectivity index (χ0) is 17.7. The van der Waals surface area contributed by atoms with Gasteiger partial charge in [-0.05, 0) is 31.2 Å². The number of likely N-dealkylation sites (N-methyl/N-ethyl adjacent to an activating group) is 1. The molecule has 5 nitrogen and oxygen atoms in total. The van der Waals surface area contributed by atoms with E-state index in [2.05, 4.69) is 36.0 Å². The summed E-state index contributed by atoms with van der Waals surface area (Å²) in [6, 6.07) is 4.47. The second-order valence-electron chi connectivity index (χ2n) is 6.71. The maximum Gasteiger partial charge on any atom is 0.251 e. The van der Waals surface area contributed by atoms with Crippen molar-refractivity contribution in [2.24, 2.45) is 5.92 Å². The van der Waals surface area contributed by atoms with E-state index in [9.17, 15) is 9.18 Å². The SMILES string of the molecule is COc1cc(C(=O)NCC(C(C)C)N2CCN(C)CC2)ccc1F. The lowest BCUT2D eigenvalue weighted by molar-refractivity contribution is 0.0790. The van der Waals surface area contributed by atoms with Crippen LogP contribution in [0.4, 0.5) is 4.39 Å². The van der Waals surface area contributed by atoms with Gasteiger partial charge < -0.3 is 15.0 Å². The molecule has 134 valence electrons. The van der Waals surface area contributed by atoms with E-state index >= 15 is 0 Å². The van der Waals surface area contributed by atoms with Gasteiger partial charge in [-0.2, -0.15) is 0 Å². The van der Waals surface area contributed by atoms with Crippen LogP contribution in [0.1, 0.15) is 24.2 Å². The van der Waals surface area contributed by atoms with Crippen LogP contribution in [0.25, 0.3) is 0 Å². The lowest BCUT2D eigenvalue weighted by Gasteiger charge is -2.39. The summed E-state index contributed by atoms with van der Waals surface area (Å²) in [6.45, 7) is 9.06. The number of benzene rings is 1. The van der Waals surface area contributed by atoms with Gasteiger partial charge >= 0.3 is 0 Å². The molecule has 1 heterocycles. The molecule has 6 heteroatoms. The number of amides is 1. The standard InChI is InChI=1S/C18H28FN3O2/c1-13(2)16(22-9-7-21(3)8-10-22)12-20-18(23)14-5-6-15(19)17(11-14)24-4/h5-6,11,13,16H,7-10,12H2,1-4H3,(H,20,23). The molecule has 0 bridgehead atoms. The van der Waals surface area contributed by atoms with E-state index in [0.29, 0.717) is 24.1 Å². The third-order valence-corrected chi connectivity index (χ3v) is 4.66. The smallest absolute Gasteiger partial charge is 0.251 e. The average Bonchev–Trinajstić information content (AvgIpc) is 2.56. The number of halogens is 1. The second-order valence-corrected chi connectivity index (χ2v) is 6.71. The number of carbonyl (C=O) groups excluding carboxylic acids is 1. The molecule has 1 saturated heterocycles. The molecular weight excluding hydrogens is 309 g/mol. The topological polar surface area (TPSA) is 44.8 Å². The van der Waals surface area contributed by atoms with E-state index in [-0.39, 0.29) is 11.7 Å². The summed E-state index contributed by atoms with van der Waals surface area (Å²) >= 11 is 0. The Bertz CT molecular complexity index is 557. The van der Waals surface area contributed by atoms with Crippen molar-refractivity contribution in [3.8, 4) is 5.75 Å². The first-order chi connectivity index (χ1) is 11.4. The first-order valence-corrected chi connectivity index (χ1v) is 8.46. The minimum absolute atomic E-state index is 0.0853. The molecule has 1 aliphatic rings. The van der Waals surface area contributed by atoms with Gasteiger partial charge in [-0.1, -0.05) is 13.8 Å². The van der Waals surface area contributed by atoms with Crippen molar-refractivity contribution in [3.05, 3.63) is 29.6 Å². The van der Waals surface area contributed by atoms with Crippen molar-refractivity contribution in [3.63, 3.8) is 0 Å². The molecule has 1 aromatic carbocycles. The molecule has 1 fully saturated rings. The first-order valence-electron chi connectivity index (χ1n) is 8.46. The van der Waals surface area contributed by atoms with Crippen LogP contribution < -0.4 is 10.1 Å². The number of nitrogens with zero attached hydrogens (tertiary/aromatic N) is 2. The highest BCUT2D eigenvalue weighted by Gasteiger charge is 2.25. The molecule has 0 aliphatic carbocycles. The van der Waals surface area contributed by atoms with E-state index in [0.717, 1.165) is 26.2 Å². The minimum Gasteiger partial charge on any atom is -0.494 e. The molecule has 0 saturated carbocycles. The van der Waals surface area contributed by atoms with Gasteiger partial charge in [0, 0.05) is 44.3 Å². The van der Waals surface area contributed by atoms with Crippen LogP contribution in [-0.4, -0.2) is 68.6 Å². The number of hydrogen-bond donors (Lipinski definition) is 1. The minimum atomic E-state index is -0.466. The van der Waals surface area contributed by atoms with Crippen LogP contribution in [-0.2, 0) is 0 Å². The molecule has 1 N–H and O–H groups in total. The molecule has 2 rings (SSSR count). The van der Waals surface area contributed by atoms with Crippen LogP contribution >= 0.6 is 0 Å². The quantitative estimate of drug-likeness (QED) is 0.860. The fraction of sp³-hybridized carbons (Fsp3) is 0.611. The number of ether oxygens (including phenoxy) is 1. The maximum absolute atomic E-state index is 13.5. The molecule has 1 unspecified atom stereocenters. The van der Waals surface area contributed by atoms with E-state index in [4.69, 9.17) is 4.74 Å². The van der Waals surface area contributed by atoms with Gasteiger partial charge in [0.1, 0.15) is 0 Å². The van der Waals surface area contributed by atoms with Crippen molar-refractivity contribution in [2.75, 3.05) is 46.9 Å². The summed E-state index contributed by atoms with van der Waals surface area (Å²) in [5.74, 6) is -0.141. The molecule has 1 aliphatic heterocycles. The van der Waals surface area contributed by atoms with Crippen molar-refractivity contribution in [2.45, 2.75) is 19.9 Å². The molecule has 0 radical (unpaired) electrons. The van der Waals surface area contributed by atoms with Gasteiger partial charge in [0.2, 0.25) is 0 Å². The predicted octanol–water partition coefficient (Wildman–Crippen LogP) is 1.84. The number of nitrogens with one attached hydrogen (secondary N) is 1. The highest BCUT2D eigenvalue weighted by atomic mass is 19.1. The van der Waals surface area contributed by atoms with Gasteiger partial charge in [-0.3, -0.25) is 9.69 Å². The molecule has 24 heavy (non-hydrogen) atoms. The molecule has 1 aromatic rings. The van der Waals surface area contributed by atoms with E-state index in [1.807, 2.05) is 0 Å². The lowest BCUT2D eigenvalue weighted by atomic mass is 10.0. The maximum atomic E-state index is 13.5. The summed E-state index contributed by atoms with van der Waals surface area (Å²) in [5.41, 5.74) is 0.411. The summed E-state index contributed by atoms with van der Waals surface area (Å²) in [5, 5.41) is 2.99. The Labute approximate surface area is 143 Å². The van der Waals surface area contributed by atoms with Gasteiger partial charge in [0.15, 0.2) is 11.6 Å². The monoisotopic (exact) mass is 337 g/mol. The van der Waals surface area contributed by atoms with Crippen molar-refractivity contribution >= 4 is 5.91 Å². The number of methoxy groups -OCH3 is 1. The van der Waals surface area contributed by atoms with Gasteiger partial charge in [0.05, 0.1) is 7.11 Å². The van der Waals surface area contributed by atoms with Gasteiger partial charge in [-0.15, -0.1) is 0 Å². The molecule has 0 spiro atoms. The Morgan fingerprint density at radius 1 is 1.29 bits per heavy atom. The largest absolute Gasteiger partial charge is 0.494 e. The Kier molecular flexibility index (Phi) is 6.57. The highest BCUT2D eigenvalue weighted by molar-refractivity contribution is 5.94. The predicted molar refractivity (Wildman–Crippen MR) is 93.0 cm³/mol. The average molecular weight is 337 g/mol. The Hall–Kier alpha value is -1.66. The first kappa shape index (κ1) is 18.7. The summed E-state index contributed by atoms with van der Waals surface area (Å²) in [7, 11) is 3.52. The van der Waals surface area contributed by atoms with Gasteiger partial charge in [-0.25, -0.2) is 4.39 Å². The molecule has 1 atom stereocenters. The third-order valence-electron chi connectivity index (χ3n) is 4.66. The number of hydrogen-bond acceptors (Lipinski definition) is 4. The highest BCUT2D eigenvalue weighted by Crippen LogP contribution is 2.18. The zero-order valence-electron chi connectivity index (χ0n) is 15.0. The molecular formula is C18H28FN3O2. The zero-order valence-corrected chi connectivity index (χ0v) is 15.0. The normalized spacial score (nSPS) is 17.8. The Morgan fingerprint density at radius 2 is 1.96 bits per heavy atom. The third kappa shape index (κ3) is 4.68.